The Hall–Kier alpha value is -2.49. The van der Waals surface area contributed by atoms with E-state index in [1.807, 2.05) is 6.07 Å². The lowest BCUT2D eigenvalue weighted by atomic mass is 10.2. The smallest absolute Gasteiger partial charge is 0.175 e. The van der Waals surface area contributed by atoms with Crippen molar-refractivity contribution in [2.24, 2.45) is 0 Å². The molecule has 4 heteroatoms. The molecule has 3 rings (SSSR count). The van der Waals surface area contributed by atoms with Gasteiger partial charge in [0.05, 0.1) is 6.26 Å². The number of phenols is 1. The summed E-state index contributed by atoms with van der Waals surface area (Å²) in [4.78, 5) is 0. The molecule has 2 aromatic carbocycles. The van der Waals surface area contributed by atoms with E-state index in [4.69, 9.17) is 9.15 Å². The summed E-state index contributed by atoms with van der Waals surface area (Å²) >= 11 is 0. The van der Waals surface area contributed by atoms with Crippen molar-refractivity contribution in [3.63, 3.8) is 0 Å². The zero-order valence-corrected chi connectivity index (χ0v) is 9.97. The summed E-state index contributed by atoms with van der Waals surface area (Å²) in [5.41, 5.74) is 1.17. The topological polar surface area (TPSA) is 42.6 Å². The van der Waals surface area contributed by atoms with Gasteiger partial charge in [-0.1, -0.05) is 24.3 Å². The van der Waals surface area contributed by atoms with Gasteiger partial charge in [0.1, 0.15) is 6.61 Å². The average molecular weight is 258 g/mol. The van der Waals surface area contributed by atoms with Crippen LogP contribution in [0.1, 0.15) is 5.56 Å². The molecule has 0 aliphatic heterocycles. The van der Waals surface area contributed by atoms with Gasteiger partial charge >= 0.3 is 0 Å². The molecular formula is C15H11FO3. The van der Waals surface area contributed by atoms with Gasteiger partial charge in [-0.05, 0) is 18.2 Å². The van der Waals surface area contributed by atoms with Gasteiger partial charge in [-0.2, -0.15) is 0 Å². The quantitative estimate of drug-likeness (QED) is 0.775. The van der Waals surface area contributed by atoms with Crippen molar-refractivity contribution in [3.8, 4) is 11.5 Å². The predicted molar refractivity (Wildman–Crippen MR) is 68.6 cm³/mol. The highest BCUT2D eigenvalue weighted by atomic mass is 19.1. The number of hydrogen-bond acceptors (Lipinski definition) is 3. The number of aromatic hydroxyl groups is 1. The van der Waals surface area contributed by atoms with Crippen LogP contribution in [0.4, 0.5) is 4.39 Å². The summed E-state index contributed by atoms with van der Waals surface area (Å²) in [5.74, 6) is -0.134. The summed E-state index contributed by atoms with van der Waals surface area (Å²) in [6.07, 6.45) is 1.51. The SMILES string of the molecule is Oc1cccc2c(COc3ccccc3F)coc12. The zero-order valence-electron chi connectivity index (χ0n) is 9.97. The first-order valence-corrected chi connectivity index (χ1v) is 5.81. The Labute approximate surface area is 108 Å². The minimum atomic E-state index is -0.404. The highest BCUT2D eigenvalue weighted by Crippen LogP contribution is 2.29. The maximum absolute atomic E-state index is 13.4. The fraction of sp³-hybridized carbons (Fsp3) is 0.0667. The summed E-state index contributed by atoms with van der Waals surface area (Å²) < 4.78 is 24.1. The number of hydrogen-bond donors (Lipinski definition) is 1. The van der Waals surface area contributed by atoms with Gasteiger partial charge in [-0.25, -0.2) is 4.39 Å². The van der Waals surface area contributed by atoms with Gasteiger partial charge in [-0.15, -0.1) is 0 Å². The van der Waals surface area contributed by atoms with Crippen LogP contribution in [0.2, 0.25) is 0 Å². The van der Waals surface area contributed by atoms with Crippen molar-refractivity contribution in [2.75, 3.05) is 0 Å². The molecule has 0 fully saturated rings. The van der Waals surface area contributed by atoms with Crippen LogP contribution in [0, 0.1) is 5.82 Å². The first kappa shape index (κ1) is 11.6. The first-order chi connectivity index (χ1) is 9.25. The van der Waals surface area contributed by atoms with Crippen LogP contribution in [0.5, 0.6) is 11.5 Å². The molecule has 0 unspecified atom stereocenters. The maximum Gasteiger partial charge on any atom is 0.175 e. The number of rotatable bonds is 3. The van der Waals surface area contributed by atoms with Crippen LogP contribution < -0.4 is 4.74 Å². The molecule has 3 aromatic rings. The Morgan fingerprint density at radius 1 is 1.11 bits per heavy atom. The second-order valence-corrected chi connectivity index (χ2v) is 4.13. The van der Waals surface area contributed by atoms with Crippen molar-refractivity contribution in [2.45, 2.75) is 6.61 Å². The number of furan rings is 1. The lowest BCUT2D eigenvalue weighted by Gasteiger charge is -2.05. The van der Waals surface area contributed by atoms with E-state index in [0.29, 0.717) is 5.58 Å². The number of fused-ring (bicyclic) bond motifs is 1. The normalized spacial score (nSPS) is 10.8. The van der Waals surface area contributed by atoms with Gasteiger partial charge in [0.25, 0.3) is 0 Å². The highest BCUT2D eigenvalue weighted by molar-refractivity contribution is 5.85. The molecule has 0 radical (unpaired) electrons. The fourth-order valence-electron chi connectivity index (χ4n) is 1.92. The van der Waals surface area contributed by atoms with Gasteiger partial charge in [0.2, 0.25) is 0 Å². The summed E-state index contributed by atoms with van der Waals surface area (Å²) in [7, 11) is 0. The minimum Gasteiger partial charge on any atom is -0.504 e. The van der Waals surface area contributed by atoms with Gasteiger partial charge in [0, 0.05) is 10.9 Å². The molecule has 0 aliphatic carbocycles. The largest absolute Gasteiger partial charge is 0.504 e. The van der Waals surface area contributed by atoms with Crippen molar-refractivity contribution in [3.05, 3.63) is 60.1 Å². The predicted octanol–water partition coefficient (Wildman–Crippen LogP) is 3.86. The zero-order chi connectivity index (χ0) is 13.2. The number of halogens is 1. The highest BCUT2D eigenvalue weighted by Gasteiger charge is 2.10. The molecular weight excluding hydrogens is 247 g/mol. The van der Waals surface area contributed by atoms with E-state index >= 15 is 0 Å². The molecule has 0 saturated carbocycles. The van der Waals surface area contributed by atoms with E-state index in [2.05, 4.69) is 0 Å². The Kier molecular flexibility index (Phi) is 2.83. The lowest BCUT2D eigenvalue weighted by molar-refractivity contribution is 0.290. The van der Waals surface area contributed by atoms with Crippen molar-refractivity contribution in [1.82, 2.24) is 0 Å². The number of ether oxygens (including phenoxy) is 1. The Morgan fingerprint density at radius 2 is 1.95 bits per heavy atom. The van der Waals surface area contributed by atoms with E-state index < -0.39 is 5.82 Å². The van der Waals surface area contributed by atoms with E-state index in [1.165, 1.54) is 12.3 Å². The lowest BCUT2D eigenvalue weighted by Crippen LogP contribution is -1.96. The van der Waals surface area contributed by atoms with Crippen molar-refractivity contribution >= 4 is 11.0 Å². The fourth-order valence-corrected chi connectivity index (χ4v) is 1.92. The Bertz CT molecular complexity index is 718. The van der Waals surface area contributed by atoms with Gasteiger partial charge in [-0.3, -0.25) is 0 Å². The molecule has 19 heavy (non-hydrogen) atoms. The molecule has 96 valence electrons. The molecule has 1 N–H and O–H groups in total. The molecule has 0 bridgehead atoms. The molecule has 1 heterocycles. The Balaban J connectivity index is 1.87. The molecule has 0 atom stereocenters. The maximum atomic E-state index is 13.4. The van der Waals surface area contributed by atoms with E-state index in [0.717, 1.165) is 10.9 Å². The number of benzene rings is 2. The third kappa shape index (κ3) is 2.12. The van der Waals surface area contributed by atoms with Gasteiger partial charge < -0.3 is 14.3 Å². The van der Waals surface area contributed by atoms with E-state index in [1.54, 1.807) is 30.3 Å². The Morgan fingerprint density at radius 3 is 2.79 bits per heavy atom. The van der Waals surface area contributed by atoms with E-state index in [-0.39, 0.29) is 18.1 Å². The molecule has 0 aliphatic rings. The molecule has 0 spiro atoms. The molecule has 1 aromatic heterocycles. The van der Waals surface area contributed by atoms with Crippen molar-refractivity contribution < 1.29 is 18.7 Å². The second-order valence-electron chi connectivity index (χ2n) is 4.13. The van der Waals surface area contributed by atoms with Gasteiger partial charge in [0.15, 0.2) is 22.9 Å². The summed E-state index contributed by atoms with van der Waals surface area (Å²) in [5, 5.41) is 10.4. The number of phenolic OH excluding ortho intramolecular Hbond substituents is 1. The third-order valence-electron chi connectivity index (χ3n) is 2.88. The van der Waals surface area contributed by atoms with Crippen LogP contribution in [0.25, 0.3) is 11.0 Å². The molecule has 0 saturated heterocycles. The van der Waals surface area contributed by atoms with Crippen LogP contribution in [0.15, 0.2) is 53.1 Å². The minimum absolute atomic E-state index is 0.0784. The van der Waals surface area contributed by atoms with Crippen molar-refractivity contribution in [1.29, 1.82) is 0 Å². The molecule has 3 nitrogen and oxygen atoms in total. The van der Waals surface area contributed by atoms with Crippen LogP contribution >= 0.6 is 0 Å². The third-order valence-corrected chi connectivity index (χ3v) is 2.88. The van der Waals surface area contributed by atoms with Crippen LogP contribution in [-0.2, 0) is 6.61 Å². The first-order valence-electron chi connectivity index (χ1n) is 5.81. The molecule has 0 amide bonds. The summed E-state index contributed by atoms with van der Waals surface area (Å²) in [6.45, 7) is 0.178. The second kappa shape index (κ2) is 4.65. The summed E-state index contributed by atoms with van der Waals surface area (Å²) in [6, 6.07) is 11.3. The average Bonchev–Trinajstić information content (AvgIpc) is 2.83. The number of para-hydroxylation sites is 2. The van der Waals surface area contributed by atoms with Crippen LogP contribution in [0.3, 0.4) is 0 Å². The monoisotopic (exact) mass is 258 g/mol. The van der Waals surface area contributed by atoms with E-state index in [9.17, 15) is 9.50 Å². The standard InChI is InChI=1S/C15H11FO3/c16-12-5-1-2-7-14(12)18-8-10-9-19-15-11(10)4-3-6-13(15)17/h1-7,9,17H,8H2. The van der Waals surface area contributed by atoms with Crippen LogP contribution in [-0.4, -0.2) is 5.11 Å².